The zero-order valence-corrected chi connectivity index (χ0v) is 51.1. The number of amides is 1. The van der Waals surface area contributed by atoms with Crippen molar-refractivity contribution in [1.82, 2.24) is 5.32 Å². The van der Waals surface area contributed by atoms with Crippen molar-refractivity contribution in [3.63, 3.8) is 0 Å². The van der Waals surface area contributed by atoms with Gasteiger partial charge in [0.05, 0.1) is 33.8 Å². The SMILES string of the molecule is CC/C=C/C/C=C/C/C=C/CCCCCCCCC(=O)NC(COP(=O)(O)OCC[N+](C)(C)C)C(/C=C\CCCCCCCCCCC)OC(=O)CCCCCCCCCCCC/C=C\C/C=C\C/C=C\CCCCC. The molecule has 0 bridgehead atoms. The molecule has 0 radical (unpaired) electrons. The first kappa shape index (κ1) is 73.2. The van der Waals surface area contributed by atoms with Gasteiger partial charge in [0.2, 0.25) is 5.91 Å². The first-order chi connectivity index (χ1) is 36.9. The highest BCUT2D eigenvalue weighted by Gasteiger charge is 2.30. The van der Waals surface area contributed by atoms with Crippen LogP contribution in [0.25, 0.3) is 0 Å². The van der Waals surface area contributed by atoms with Crippen LogP contribution >= 0.6 is 7.82 Å². The van der Waals surface area contributed by atoms with Crippen LogP contribution in [0.2, 0.25) is 0 Å². The molecule has 0 aromatic heterocycles. The Balaban J connectivity index is 5.18. The Morgan fingerprint density at radius 1 is 0.474 bits per heavy atom. The van der Waals surface area contributed by atoms with Gasteiger partial charge in [0.15, 0.2) is 0 Å². The number of allylic oxidation sites excluding steroid dienone is 13. The van der Waals surface area contributed by atoms with Crippen molar-refractivity contribution in [2.75, 3.05) is 40.9 Å². The van der Waals surface area contributed by atoms with Gasteiger partial charge in [-0.05, 0) is 102 Å². The maximum Gasteiger partial charge on any atom is 0.472 e. The number of rotatable bonds is 56. The molecular formula is C66H120N2O7P+. The van der Waals surface area contributed by atoms with E-state index in [0.29, 0.717) is 17.4 Å². The maximum atomic E-state index is 13.5. The average molecular weight is 1080 g/mol. The fourth-order valence-corrected chi connectivity index (χ4v) is 9.46. The van der Waals surface area contributed by atoms with E-state index >= 15 is 0 Å². The van der Waals surface area contributed by atoms with Crippen molar-refractivity contribution in [3.8, 4) is 0 Å². The van der Waals surface area contributed by atoms with E-state index in [2.05, 4.69) is 99.0 Å². The van der Waals surface area contributed by atoms with Crippen LogP contribution in [0.4, 0.5) is 0 Å². The van der Waals surface area contributed by atoms with Gasteiger partial charge in [0.1, 0.15) is 19.3 Å². The predicted octanol–water partition coefficient (Wildman–Crippen LogP) is 19.4. The lowest BCUT2D eigenvalue weighted by molar-refractivity contribution is -0.870. The molecule has 0 heterocycles. The van der Waals surface area contributed by atoms with Crippen molar-refractivity contribution >= 4 is 19.7 Å². The topological polar surface area (TPSA) is 111 Å². The first-order valence-electron chi connectivity index (χ1n) is 31.4. The normalized spacial score (nSPS) is 14.2. The lowest BCUT2D eigenvalue weighted by atomic mass is 10.0. The summed E-state index contributed by atoms with van der Waals surface area (Å²) in [4.78, 5) is 37.7. The van der Waals surface area contributed by atoms with Gasteiger partial charge >= 0.3 is 13.8 Å². The van der Waals surface area contributed by atoms with Crippen molar-refractivity contribution < 1.29 is 37.3 Å². The van der Waals surface area contributed by atoms with Gasteiger partial charge in [0, 0.05) is 12.8 Å². The molecule has 0 aliphatic rings. The Morgan fingerprint density at radius 2 is 0.842 bits per heavy atom. The second-order valence-electron chi connectivity index (χ2n) is 22.2. The summed E-state index contributed by atoms with van der Waals surface area (Å²) in [5.74, 6) is -0.525. The second-order valence-corrected chi connectivity index (χ2v) is 23.6. The third-order valence-electron chi connectivity index (χ3n) is 13.6. The number of hydrogen-bond acceptors (Lipinski definition) is 6. The minimum Gasteiger partial charge on any atom is -0.456 e. The quantitative estimate of drug-likeness (QED) is 0.0205. The molecule has 0 rings (SSSR count). The highest BCUT2D eigenvalue weighted by Crippen LogP contribution is 2.43. The molecule has 440 valence electrons. The Hall–Kier alpha value is -2.81. The molecule has 9 nitrogen and oxygen atoms in total. The van der Waals surface area contributed by atoms with Gasteiger partial charge in [-0.1, -0.05) is 241 Å². The summed E-state index contributed by atoms with van der Waals surface area (Å²) >= 11 is 0. The largest absolute Gasteiger partial charge is 0.472 e. The number of nitrogens with zero attached hydrogens (tertiary/aromatic N) is 1. The van der Waals surface area contributed by atoms with Gasteiger partial charge in [-0.2, -0.15) is 0 Å². The van der Waals surface area contributed by atoms with Gasteiger partial charge in [-0.3, -0.25) is 18.6 Å². The van der Waals surface area contributed by atoms with Crippen LogP contribution in [-0.2, 0) is 27.9 Å². The van der Waals surface area contributed by atoms with Crippen LogP contribution in [0.1, 0.15) is 271 Å². The number of esters is 1. The van der Waals surface area contributed by atoms with Crippen LogP contribution in [0.5, 0.6) is 0 Å². The lowest BCUT2D eigenvalue weighted by Crippen LogP contribution is -2.47. The molecular weight excluding hydrogens is 964 g/mol. The van der Waals surface area contributed by atoms with Crippen LogP contribution in [-0.4, -0.2) is 74.3 Å². The summed E-state index contributed by atoms with van der Waals surface area (Å²) in [6.45, 7) is 6.86. The van der Waals surface area contributed by atoms with E-state index in [-0.39, 0.29) is 31.5 Å². The first-order valence-corrected chi connectivity index (χ1v) is 32.9. The average Bonchev–Trinajstić information content (AvgIpc) is 3.38. The number of ether oxygens (including phenoxy) is 1. The Bertz CT molecular complexity index is 1580. The molecule has 0 aliphatic heterocycles. The van der Waals surface area contributed by atoms with E-state index in [1.165, 1.54) is 128 Å². The number of nitrogens with one attached hydrogen (secondary N) is 1. The van der Waals surface area contributed by atoms with Crippen molar-refractivity contribution in [2.45, 2.75) is 283 Å². The van der Waals surface area contributed by atoms with Gasteiger partial charge in [-0.25, -0.2) is 4.57 Å². The Morgan fingerprint density at radius 3 is 1.29 bits per heavy atom. The molecule has 0 saturated carbocycles. The van der Waals surface area contributed by atoms with Crippen molar-refractivity contribution in [3.05, 3.63) is 85.1 Å². The molecule has 3 atom stereocenters. The summed E-state index contributed by atoms with van der Waals surface area (Å²) in [6, 6.07) is -0.860. The number of phosphoric acid groups is 1. The van der Waals surface area contributed by atoms with Gasteiger partial charge in [-0.15, -0.1) is 0 Å². The number of carbonyl (C=O) groups is 2. The van der Waals surface area contributed by atoms with E-state index in [9.17, 15) is 19.0 Å². The summed E-state index contributed by atoms with van der Waals surface area (Å²) in [5.41, 5.74) is 0. The van der Waals surface area contributed by atoms with Crippen LogP contribution in [0.15, 0.2) is 85.1 Å². The fraction of sp³-hybridized carbons (Fsp3) is 0.758. The molecule has 0 spiro atoms. The molecule has 1 amide bonds. The predicted molar refractivity (Wildman–Crippen MR) is 328 cm³/mol. The van der Waals surface area contributed by atoms with E-state index in [0.717, 1.165) is 109 Å². The molecule has 3 unspecified atom stereocenters. The van der Waals surface area contributed by atoms with E-state index < -0.39 is 20.0 Å². The zero-order valence-electron chi connectivity index (χ0n) is 50.2. The molecule has 76 heavy (non-hydrogen) atoms. The number of carbonyl (C=O) groups excluding carboxylic acids is 2. The number of likely N-dealkylation sites (N-methyl/N-ethyl adjacent to an activating group) is 1. The monoisotopic (exact) mass is 1080 g/mol. The molecule has 0 fully saturated rings. The van der Waals surface area contributed by atoms with Crippen LogP contribution < -0.4 is 5.32 Å². The summed E-state index contributed by atoms with van der Waals surface area (Å²) < 4.78 is 30.7. The minimum absolute atomic E-state index is 0.0336. The van der Waals surface area contributed by atoms with Crippen molar-refractivity contribution in [1.29, 1.82) is 0 Å². The van der Waals surface area contributed by atoms with E-state index in [1.54, 1.807) is 0 Å². The number of hydrogen-bond donors (Lipinski definition) is 2. The Labute approximate surface area is 469 Å². The molecule has 0 aromatic carbocycles. The van der Waals surface area contributed by atoms with Crippen LogP contribution in [0.3, 0.4) is 0 Å². The minimum atomic E-state index is -4.46. The maximum absolute atomic E-state index is 13.5. The molecule has 10 heteroatoms. The lowest BCUT2D eigenvalue weighted by Gasteiger charge is -2.27. The van der Waals surface area contributed by atoms with E-state index in [1.807, 2.05) is 33.3 Å². The number of quaternary nitrogens is 1. The molecule has 2 N–H and O–H groups in total. The summed E-state index contributed by atoms with van der Waals surface area (Å²) in [5, 5.41) is 3.05. The van der Waals surface area contributed by atoms with Crippen molar-refractivity contribution in [2.24, 2.45) is 0 Å². The highest BCUT2D eigenvalue weighted by molar-refractivity contribution is 7.47. The third kappa shape index (κ3) is 55.9. The second kappa shape index (κ2) is 55.5. The van der Waals surface area contributed by atoms with Crippen LogP contribution in [0, 0.1) is 0 Å². The summed E-state index contributed by atoms with van der Waals surface area (Å²) in [6.07, 6.45) is 72.9. The third-order valence-corrected chi connectivity index (χ3v) is 14.6. The molecule has 0 saturated heterocycles. The highest BCUT2D eigenvalue weighted by atomic mass is 31.2. The standard InChI is InChI=1S/C66H119N2O7P/c1-7-10-13-16-19-22-25-27-29-31-32-33-34-35-36-37-39-41-44-47-50-53-56-59-66(70)75-64(57-54-51-48-45-42-24-21-18-15-12-9-3)63(62-74-76(71,72)73-61-60-68(4,5)6)67-65(69)58-55-52-49-46-43-40-38-30-28-26-23-20-17-14-11-8-2/h11,14,19-20,22-23,27-30,32-33,54,57,63-64H,7-10,12-13,15-18,21,24-26,31,34-53,55-56,58-62H2,1-6H3,(H-,67,69,71,72)/p+1/b14-11+,22-19-,23-20+,29-27-,30-28+,33-32-,57-54-. The number of phosphoric ester groups is 1. The fourth-order valence-electron chi connectivity index (χ4n) is 8.73. The molecule has 0 aliphatic carbocycles. The molecule has 0 aromatic rings. The van der Waals surface area contributed by atoms with Gasteiger partial charge < -0.3 is 19.4 Å². The smallest absolute Gasteiger partial charge is 0.456 e. The van der Waals surface area contributed by atoms with E-state index in [4.69, 9.17) is 13.8 Å². The summed E-state index contributed by atoms with van der Waals surface area (Å²) in [7, 11) is 1.48. The zero-order chi connectivity index (χ0) is 55.7. The Kier molecular flexibility index (Phi) is 53.5. The number of unbranched alkanes of at least 4 members (excludes halogenated alkanes) is 28. The van der Waals surface area contributed by atoms with Gasteiger partial charge in [0.25, 0.3) is 0 Å².